The van der Waals surface area contributed by atoms with Crippen LogP contribution < -0.4 is 5.32 Å². The van der Waals surface area contributed by atoms with E-state index in [-0.39, 0.29) is 5.82 Å². The topological polar surface area (TPSA) is 12.0 Å². The van der Waals surface area contributed by atoms with E-state index in [2.05, 4.69) is 5.32 Å². The monoisotopic (exact) mass is 289 g/mol. The molecule has 1 aliphatic carbocycles. The van der Waals surface area contributed by atoms with E-state index >= 15 is 0 Å². The predicted molar refractivity (Wildman–Crippen MR) is 82.0 cm³/mol. The lowest BCUT2D eigenvalue weighted by molar-refractivity contribution is 0.363. The van der Waals surface area contributed by atoms with Crippen LogP contribution in [0.4, 0.5) is 10.1 Å². The molecule has 0 radical (unpaired) electrons. The third-order valence-corrected chi connectivity index (χ3v) is 4.52. The zero-order valence-corrected chi connectivity index (χ0v) is 12.1. The molecule has 0 bridgehead atoms. The second-order valence-corrected chi connectivity index (χ2v) is 5.85. The van der Waals surface area contributed by atoms with Crippen LogP contribution in [0.5, 0.6) is 0 Å². The molecule has 2 aromatic rings. The fourth-order valence-corrected chi connectivity index (χ4v) is 2.95. The molecule has 2 aromatic carbocycles. The first-order chi connectivity index (χ1) is 9.65. The minimum atomic E-state index is -0.0881. The Hall–Kier alpha value is -1.54. The van der Waals surface area contributed by atoms with Gasteiger partial charge in [0.15, 0.2) is 0 Å². The minimum absolute atomic E-state index is 0.0881. The summed E-state index contributed by atoms with van der Waals surface area (Å²) in [5.41, 5.74) is 2.99. The Bertz CT molecular complexity index is 620. The SMILES string of the molecule is Cc1c(Cl)cccc1NC1CC(c2ccccc2F)C1. The van der Waals surface area contributed by atoms with Crippen molar-refractivity contribution in [2.24, 2.45) is 0 Å². The van der Waals surface area contributed by atoms with E-state index in [0.29, 0.717) is 12.0 Å². The van der Waals surface area contributed by atoms with Crippen molar-refractivity contribution < 1.29 is 4.39 Å². The van der Waals surface area contributed by atoms with Gasteiger partial charge in [0, 0.05) is 16.8 Å². The largest absolute Gasteiger partial charge is 0.382 e. The first-order valence-corrected chi connectivity index (χ1v) is 7.29. The normalized spacial score (nSPS) is 21.4. The molecular formula is C17H17ClFN. The van der Waals surface area contributed by atoms with Gasteiger partial charge in [-0.3, -0.25) is 0 Å². The number of rotatable bonds is 3. The molecule has 1 aliphatic rings. The molecule has 0 spiro atoms. The summed E-state index contributed by atoms with van der Waals surface area (Å²) in [4.78, 5) is 0. The summed E-state index contributed by atoms with van der Waals surface area (Å²) in [6.45, 7) is 2.01. The Morgan fingerprint density at radius 3 is 2.60 bits per heavy atom. The molecule has 0 saturated heterocycles. The Morgan fingerprint density at radius 2 is 1.85 bits per heavy atom. The summed E-state index contributed by atoms with van der Waals surface area (Å²) >= 11 is 6.11. The highest BCUT2D eigenvalue weighted by Crippen LogP contribution is 2.40. The molecule has 0 atom stereocenters. The lowest BCUT2D eigenvalue weighted by atomic mass is 9.75. The third-order valence-electron chi connectivity index (χ3n) is 4.11. The van der Waals surface area contributed by atoms with Gasteiger partial charge in [-0.15, -0.1) is 0 Å². The van der Waals surface area contributed by atoms with Crippen LogP contribution in [0.15, 0.2) is 42.5 Å². The zero-order chi connectivity index (χ0) is 14.1. The maximum Gasteiger partial charge on any atom is 0.126 e. The van der Waals surface area contributed by atoms with Gasteiger partial charge < -0.3 is 5.32 Å². The van der Waals surface area contributed by atoms with Crippen LogP contribution in [0, 0.1) is 12.7 Å². The number of hydrogen-bond donors (Lipinski definition) is 1. The van der Waals surface area contributed by atoms with Gasteiger partial charge in [-0.2, -0.15) is 0 Å². The average molecular weight is 290 g/mol. The smallest absolute Gasteiger partial charge is 0.126 e. The van der Waals surface area contributed by atoms with Crippen molar-refractivity contribution in [2.75, 3.05) is 5.32 Å². The number of nitrogens with one attached hydrogen (secondary N) is 1. The molecule has 1 fully saturated rings. The van der Waals surface area contributed by atoms with Gasteiger partial charge in [-0.05, 0) is 55.0 Å². The van der Waals surface area contributed by atoms with Crippen molar-refractivity contribution in [3.05, 3.63) is 64.4 Å². The zero-order valence-electron chi connectivity index (χ0n) is 11.4. The van der Waals surface area contributed by atoms with Crippen molar-refractivity contribution in [3.8, 4) is 0 Å². The summed E-state index contributed by atoms with van der Waals surface area (Å²) < 4.78 is 13.7. The Kier molecular flexibility index (Phi) is 3.66. The Morgan fingerprint density at radius 1 is 1.10 bits per heavy atom. The fraction of sp³-hybridized carbons (Fsp3) is 0.294. The predicted octanol–water partition coefficient (Wildman–Crippen LogP) is 5.15. The van der Waals surface area contributed by atoms with Crippen molar-refractivity contribution in [3.63, 3.8) is 0 Å². The molecule has 0 amide bonds. The van der Waals surface area contributed by atoms with E-state index in [1.165, 1.54) is 6.07 Å². The lowest BCUT2D eigenvalue weighted by Gasteiger charge is -2.37. The second kappa shape index (κ2) is 5.45. The van der Waals surface area contributed by atoms with Crippen molar-refractivity contribution >= 4 is 17.3 Å². The highest BCUT2D eigenvalue weighted by Gasteiger charge is 2.31. The van der Waals surface area contributed by atoms with Gasteiger partial charge in [0.05, 0.1) is 0 Å². The summed E-state index contributed by atoms with van der Waals surface area (Å²) in [5.74, 6) is 0.239. The molecule has 0 heterocycles. The van der Waals surface area contributed by atoms with Gasteiger partial charge >= 0.3 is 0 Å². The molecular weight excluding hydrogens is 273 g/mol. The first-order valence-electron chi connectivity index (χ1n) is 6.91. The highest BCUT2D eigenvalue weighted by atomic mass is 35.5. The Balaban J connectivity index is 1.64. The summed E-state index contributed by atoms with van der Waals surface area (Å²) in [6.07, 6.45) is 1.93. The minimum Gasteiger partial charge on any atom is -0.382 e. The van der Waals surface area contributed by atoms with Crippen molar-refractivity contribution in [2.45, 2.75) is 31.7 Å². The number of anilines is 1. The van der Waals surface area contributed by atoms with Gasteiger partial charge in [0.1, 0.15) is 5.82 Å². The van der Waals surface area contributed by atoms with Gasteiger partial charge in [-0.1, -0.05) is 35.9 Å². The number of halogens is 2. The number of hydrogen-bond acceptors (Lipinski definition) is 1. The van der Waals surface area contributed by atoms with Crippen molar-refractivity contribution in [1.29, 1.82) is 0 Å². The maximum absolute atomic E-state index is 13.7. The van der Waals surface area contributed by atoms with Gasteiger partial charge in [0.2, 0.25) is 0 Å². The standard InChI is InChI=1S/C17H17ClFN/c1-11-15(18)6-4-8-17(11)20-13-9-12(10-13)14-5-2-3-7-16(14)19/h2-8,12-13,20H,9-10H2,1H3. The first kappa shape index (κ1) is 13.4. The van der Waals surface area contributed by atoms with Crippen molar-refractivity contribution in [1.82, 2.24) is 0 Å². The molecule has 0 aliphatic heterocycles. The second-order valence-electron chi connectivity index (χ2n) is 5.44. The summed E-state index contributed by atoms with van der Waals surface area (Å²) in [5, 5.41) is 4.28. The van der Waals surface area contributed by atoms with Gasteiger partial charge in [-0.25, -0.2) is 4.39 Å². The molecule has 1 nitrogen and oxygen atoms in total. The van der Waals surface area contributed by atoms with Crippen LogP contribution in [0.1, 0.15) is 29.9 Å². The van der Waals surface area contributed by atoms with E-state index in [1.54, 1.807) is 6.07 Å². The third kappa shape index (κ3) is 2.53. The van der Waals surface area contributed by atoms with E-state index in [4.69, 9.17) is 11.6 Å². The van der Waals surface area contributed by atoms with Crippen LogP contribution in [0.3, 0.4) is 0 Å². The van der Waals surface area contributed by atoms with Crippen LogP contribution >= 0.6 is 11.6 Å². The van der Waals surface area contributed by atoms with E-state index in [9.17, 15) is 4.39 Å². The molecule has 3 rings (SSSR count). The fourth-order valence-electron chi connectivity index (χ4n) is 2.78. The molecule has 1 N–H and O–H groups in total. The molecule has 3 heteroatoms. The maximum atomic E-state index is 13.7. The molecule has 20 heavy (non-hydrogen) atoms. The van der Waals surface area contributed by atoms with Crippen LogP contribution in [-0.2, 0) is 0 Å². The molecule has 1 saturated carbocycles. The molecule has 0 aromatic heterocycles. The molecule has 0 unspecified atom stereocenters. The van der Waals surface area contributed by atoms with E-state index in [0.717, 1.165) is 34.7 Å². The molecule has 104 valence electrons. The number of benzene rings is 2. The average Bonchev–Trinajstić information content (AvgIpc) is 2.39. The quantitative estimate of drug-likeness (QED) is 0.824. The van der Waals surface area contributed by atoms with Crippen LogP contribution in [0.25, 0.3) is 0 Å². The van der Waals surface area contributed by atoms with Crippen LogP contribution in [0.2, 0.25) is 5.02 Å². The van der Waals surface area contributed by atoms with E-state index in [1.807, 2.05) is 37.3 Å². The summed E-state index contributed by atoms with van der Waals surface area (Å²) in [6, 6.07) is 13.4. The highest BCUT2D eigenvalue weighted by molar-refractivity contribution is 6.31. The van der Waals surface area contributed by atoms with Gasteiger partial charge in [0.25, 0.3) is 0 Å². The lowest BCUT2D eigenvalue weighted by Crippen LogP contribution is -2.34. The van der Waals surface area contributed by atoms with Crippen LogP contribution in [-0.4, -0.2) is 6.04 Å². The summed E-state index contributed by atoms with van der Waals surface area (Å²) in [7, 11) is 0. The Labute approximate surface area is 123 Å². The van der Waals surface area contributed by atoms with E-state index < -0.39 is 0 Å².